The number of rotatable bonds is 4. The number of aromatic nitrogens is 2. The third-order valence-corrected chi connectivity index (χ3v) is 4.25. The summed E-state index contributed by atoms with van der Waals surface area (Å²) in [4.78, 5) is 5.58. The van der Waals surface area contributed by atoms with Crippen molar-refractivity contribution >= 4 is 12.2 Å². The zero-order valence-corrected chi connectivity index (χ0v) is 11.7. The van der Waals surface area contributed by atoms with Crippen LogP contribution >= 0.6 is 12.2 Å². The van der Waals surface area contributed by atoms with Crippen LogP contribution in [0.15, 0.2) is 6.20 Å². The highest BCUT2D eigenvalue weighted by atomic mass is 32.1. The quantitative estimate of drug-likeness (QED) is 0.834. The highest BCUT2D eigenvalue weighted by Crippen LogP contribution is 2.20. The van der Waals surface area contributed by atoms with Gasteiger partial charge < -0.3 is 14.5 Å². The number of aromatic amines is 1. The standard InChI is InChI=1S/C13H23N3S/c1-3-12-10-14-13(17)16(12)9-6-11-4-7-15(2)8-5-11/h10-11H,3-9H2,1-2H3,(H,14,17). The van der Waals surface area contributed by atoms with Crippen molar-refractivity contribution in [3.8, 4) is 0 Å². The van der Waals surface area contributed by atoms with Crippen LogP contribution in [0.1, 0.15) is 31.9 Å². The van der Waals surface area contributed by atoms with Crippen LogP contribution in [0.2, 0.25) is 0 Å². The van der Waals surface area contributed by atoms with Crippen LogP contribution in [-0.4, -0.2) is 34.6 Å². The SMILES string of the molecule is CCc1c[nH]c(=S)n1CCC1CCN(C)CC1. The van der Waals surface area contributed by atoms with Crippen molar-refractivity contribution in [2.45, 2.75) is 39.2 Å². The van der Waals surface area contributed by atoms with Crippen LogP contribution in [0, 0.1) is 10.7 Å². The molecule has 17 heavy (non-hydrogen) atoms. The van der Waals surface area contributed by atoms with E-state index >= 15 is 0 Å². The Morgan fingerprint density at radius 2 is 2.12 bits per heavy atom. The molecule has 0 aromatic carbocycles. The lowest BCUT2D eigenvalue weighted by Crippen LogP contribution is -2.30. The summed E-state index contributed by atoms with van der Waals surface area (Å²) in [6.07, 6.45) is 7.07. The molecule has 2 heterocycles. The molecule has 0 bridgehead atoms. The Bertz CT molecular complexity index is 399. The fraction of sp³-hybridized carbons (Fsp3) is 0.769. The summed E-state index contributed by atoms with van der Waals surface area (Å²) in [7, 11) is 2.22. The summed E-state index contributed by atoms with van der Waals surface area (Å²) in [5, 5.41) is 0. The zero-order chi connectivity index (χ0) is 12.3. The second-order valence-electron chi connectivity index (χ2n) is 5.13. The van der Waals surface area contributed by atoms with Crippen molar-refractivity contribution in [1.29, 1.82) is 0 Å². The molecule has 0 aliphatic carbocycles. The van der Waals surface area contributed by atoms with Crippen LogP contribution in [0.3, 0.4) is 0 Å². The maximum absolute atomic E-state index is 5.32. The largest absolute Gasteiger partial charge is 0.337 e. The lowest BCUT2D eigenvalue weighted by molar-refractivity contribution is 0.207. The molecule has 1 aliphatic rings. The number of imidazole rings is 1. The van der Waals surface area contributed by atoms with Gasteiger partial charge >= 0.3 is 0 Å². The number of hydrogen-bond acceptors (Lipinski definition) is 2. The molecule has 3 nitrogen and oxygen atoms in total. The van der Waals surface area contributed by atoms with Gasteiger partial charge in [0.1, 0.15) is 0 Å². The molecule has 4 heteroatoms. The zero-order valence-electron chi connectivity index (χ0n) is 10.9. The summed E-state index contributed by atoms with van der Waals surface area (Å²) in [5.74, 6) is 0.882. The molecule has 0 radical (unpaired) electrons. The molecule has 0 atom stereocenters. The number of piperidine rings is 1. The first kappa shape index (κ1) is 12.8. The molecule has 0 spiro atoms. The average Bonchev–Trinajstić information content (AvgIpc) is 2.69. The Labute approximate surface area is 109 Å². The topological polar surface area (TPSA) is 24.0 Å². The van der Waals surface area contributed by atoms with Gasteiger partial charge in [-0.2, -0.15) is 0 Å². The summed E-state index contributed by atoms with van der Waals surface area (Å²) in [6.45, 7) is 5.78. The molecule has 1 aromatic rings. The number of nitrogens with zero attached hydrogens (tertiary/aromatic N) is 2. The molecule has 2 rings (SSSR count). The lowest BCUT2D eigenvalue weighted by atomic mass is 9.94. The summed E-state index contributed by atoms with van der Waals surface area (Å²) in [5.41, 5.74) is 1.34. The van der Waals surface area contributed by atoms with Crippen molar-refractivity contribution in [2.75, 3.05) is 20.1 Å². The van der Waals surface area contributed by atoms with Gasteiger partial charge in [0, 0.05) is 18.4 Å². The van der Waals surface area contributed by atoms with E-state index in [1.54, 1.807) is 0 Å². The van der Waals surface area contributed by atoms with E-state index in [2.05, 4.69) is 34.6 Å². The van der Waals surface area contributed by atoms with Crippen molar-refractivity contribution in [2.24, 2.45) is 5.92 Å². The van der Waals surface area contributed by atoms with Crippen molar-refractivity contribution in [1.82, 2.24) is 14.5 Å². The molecule has 1 aromatic heterocycles. The molecule has 1 aliphatic heterocycles. The van der Waals surface area contributed by atoms with Gasteiger partial charge in [-0.05, 0) is 64.0 Å². The molecule has 1 fully saturated rings. The van der Waals surface area contributed by atoms with Gasteiger partial charge in [-0.15, -0.1) is 0 Å². The number of aryl methyl sites for hydroxylation is 1. The second-order valence-corrected chi connectivity index (χ2v) is 5.51. The molecule has 1 N–H and O–H groups in total. The van der Waals surface area contributed by atoms with Gasteiger partial charge in [0.25, 0.3) is 0 Å². The van der Waals surface area contributed by atoms with E-state index in [4.69, 9.17) is 12.2 Å². The van der Waals surface area contributed by atoms with Crippen molar-refractivity contribution in [3.63, 3.8) is 0 Å². The Hall–Kier alpha value is -0.610. The minimum absolute atomic E-state index is 0.882. The number of hydrogen-bond donors (Lipinski definition) is 1. The van der Waals surface area contributed by atoms with Crippen LogP contribution in [0.4, 0.5) is 0 Å². The first-order chi connectivity index (χ1) is 8.20. The Morgan fingerprint density at radius 1 is 1.41 bits per heavy atom. The van der Waals surface area contributed by atoms with Crippen molar-refractivity contribution < 1.29 is 0 Å². The number of H-pyrrole nitrogens is 1. The van der Waals surface area contributed by atoms with Gasteiger partial charge in [0.15, 0.2) is 4.77 Å². The highest BCUT2D eigenvalue weighted by molar-refractivity contribution is 7.71. The third kappa shape index (κ3) is 3.19. The van der Waals surface area contributed by atoms with E-state index < -0.39 is 0 Å². The predicted octanol–water partition coefficient (Wildman–Crippen LogP) is 2.84. The summed E-state index contributed by atoms with van der Waals surface area (Å²) in [6, 6.07) is 0. The van der Waals surface area contributed by atoms with E-state index in [1.807, 2.05) is 0 Å². The molecule has 1 saturated heterocycles. The normalized spacial score (nSPS) is 18.7. The van der Waals surface area contributed by atoms with Gasteiger partial charge in [0.2, 0.25) is 0 Å². The number of nitrogens with one attached hydrogen (secondary N) is 1. The smallest absolute Gasteiger partial charge is 0.177 e. The van der Waals surface area contributed by atoms with E-state index in [-0.39, 0.29) is 0 Å². The maximum Gasteiger partial charge on any atom is 0.177 e. The molecular weight excluding hydrogens is 230 g/mol. The van der Waals surface area contributed by atoms with E-state index in [0.29, 0.717) is 0 Å². The fourth-order valence-electron chi connectivity index (χ4n) is 2.63. The molecular formula is C13H23N3S. The maximum atomic E-state index is 5.32. The van der Waals surface area contributed by atoms with E-state index in [9.17, 15) is 0 Å². The minimum Gasteiger partial charge on any atom is -0.337 e. The monoisotopic (exact) mass is 253 g/mol. The Balaban J connectivity index is 1.89. The summed E-state index contributed by atoms with van der Waals surface area (Å²) < 4.78 is 3.16. The first-order valence-electron chi connectivity index (χ1n) is 6.66. The van der Waals surface area contributed by atoms with Crippen LogP contribution < -0.4 is 0 Å². The van der Waals surface area contributed by atoms with Gasteiger partial charge in [-0.25, -0.2) is 0 Å². The average molecular weight is 253 g/mol. The van der Waals surface area contributed by atoms with Crippen LogP contribution in [0.25, 0.3) is 0 Å². The van der Waals surface area contributed by atoms with Crippen LogP contribution in [-0.2, 0) is 13.0 Å². The fourth-order valence-corrected chi connectivity index (χ4v) is 2.90. The van der Waals surface area contributed by atoms with Gasteiger partial charge in [0.05, 0.1) is 0 Å². The summed E-state index contributed by atoms with van der Waals surface area (Å²) >= 11 is 5.32. The molecule has 96 valence electrons. The van der Waals surface area contributed by atoms with Gasteiger partial charge in [-0.1, -0.05) is 6.92 Å². The van der Waals surface area contributed by atoms with Crippen LogP contribution in [0.5, 0.6) is 0 Å². The molecule has 0 saturated carbocycles. The Morgan fingerprint density at radius 3 is 2.76 bits per heavy atom. The van der Waals surface area contributed by atoms with Gasteiger partial charge in [-0.3, -0.25) is 0 Å². The molecule has 0 amide bonds. The van der Waals surface area contributed by atoms with E-state index in [1.165, 1.54) is 38.0 Å². The lowest BCUT2D eigenvalue weighted by Gasteiger charge is -2.29. The Kier molecular flexibility index (Phi) is 4.40. The predicted molar refractivity (Wildman–Crippen MR) is 73.8 cm³/mol. The van der Waals surface area contributed by atoms with E-state index in [0.717, 1.165) is 23.7 Å². The first-order valence-corrected chi connectivity index (χ1v) is 7.07. The molecule has 0 unspecified atom stereocenters. The van der Waals surface area contributed by atoms with Crippen molar-refractivity contribution in [3.05, 3.63) is 16.7 Å². The number of likely N-dealkylation sites (tertiary alicyclic amines) is 1. The second kappa shape index (κ2) is 5.83. The minimum atomic E-state index is 0.882. The highest BCUT2D eigenvalue weighted by Gasteiger charge is 2.16. The third-order valence-electron chi connectivity index (χ3n) is 3.92.